The normalized spacial score (nSPS) is 10.2. The SMILES string of the molecule is COc1ccc(C(C)=O)cc1CC(=O)Nc1ccc(Cl)c([N+](=O)[O-])c1. The van der Waals surface area contributed by atoms with Crippen LogP contribution < -0.4 is 10.1 Å². The summed E-state index contributed by atoms with van der Waals surface area (Å²) in [4.78, 5) is 34.0. The molecule has 7 nitrogen and oxygen atoms in total. The van der Waals surface area contributed by atoms with Gasteiger partial charge in [-0.2, -0.15) is 0 Å². The topological polar surface area (TPSA) is 98.5 Å². The first-order chi connectivity index (χ1) is 11.8. The number of benzene rings is 2. The summed E-state index contributed by atoms with van der Waals surface area (Å²) in [5, 5.41) is 13.5. The zero-order chi connectivity index (χ0) is 18.6. The van der Waals surface area contributed by atoms with Crippen molar-refractivity contribution in [3.05, 3.63) is 62.7 Å². The van der Waals surface area contributed by atoms with Crippen LogP contribution in [0.25, 0.3) is 0 Å². The maximum absolute atomic E-state index is 12.2. The predicted octanol–water partition coefficient (Wildman–Crippen LogP) is 3.64. The molecule has 0 atom stereocenters. The van der Waals surface area contributed by atoms with Gasteiger partial charge >= 0.3 is 0 Å². The van der Waals surface area contributed by atoms with E-state index in [0.717, 1.165) is 0 Å². The van der Waals surface area contributed by atoms with Crippen molar-refractivity contribution in [1.82, 2.24) is 0 Å². The third kappa shape index (κ3) is 4.54. The molecule has 1 amide bonds. The van der Waals surface area contributed by atoms with E-state index >= 15 is 0 Å². The van der Waals surface area contributed by atoms with Crippen molar-refractivity contribution in [3.63, 3.8) is 0 Å². The quantitative estimate of drug-likeness (QED) is 0.480. The number of methoxy groups -OCH3 is 1. The van der Waals surface area contributed by atoms with E-state index in [0.29, 0.717) is 16.9 Å². The van der Waals surface area contributed by atoms with Crippen LogP contribution in [0.5, 0.6) is 5.75 Å². The van der Waals surface area contributed by atoms with Crippen molar-refractivity contribution in [2.75, 3.05) is 12.4 Å². The van der Waals surface area contributed by atoms with Crippen LogP contribution in [0.15, 0.2) is 36.4 Å². The molecule has 0 aliphatic heterocycles. The largest absolute Gasteiger partial charge is 0.496 e. The van der Waals surface area contributed by atoms with E-state index in [1.807, 2.05) is 0 Å². The smallest absolute Gasteiger partial charge is 0.289 e. The van der Waals surface area contributed by atoms with Gasteiger partial charge in [0.1, 0.15) is 10.8 Å². The van der Waals surface area contributed by atoms with Crippen molar-refractivity contribution < 1.29 is 19.2 Å². The number of ether oxygens (including phenoxy) is 1. The van der Waals surface area contributed by atoms with Crippen molar-refractivity contribution in [1.29, 1.82) is 0 Å². The summed E-state index contributed by atoms with van der Waals surface area (Å²) < 4.78 is 5.20. The van der Waals surface area contributed by atoms with Gasteiger partial charge in [-0.25, -0.2) is 0 Å². The Kier molecular flexibility index (Phi) is 5.71. The monoisotopic (exact) mass is 362 g/mol. The van der Waals surface area contributed by atoms with E-state index in [1.165, 1.54) is 32.2 Å². The van der Waals surface area contributed by atoms with Crippen LogP contribution in [0.4, 0.5) is 11.4 Å². The van der Waals surface area contributed by atoms with Gasteiger partial charge in [-0.15, -0.1) is 0 Å². The summed E-state index contributed by atoms with van der Waals surface area (Å²) >= 11 is 5.74. The third-order valence-corrected chi connectivity index (χ3v) is 3.78. The van der Waals surface area contributed by atoms with Crippen LogP contribution in [0.1, 0.15) is 22.8 Å². The Morgan fingerprint density at radius 2 is 1.96 bits per heavy atom. The molecule has 0 spiro atoms. The summed E-state index contributed by atoms with van der Waals surface area (Å²) in [6.45, 7) is 1.43. The summed E-state index contributed by atoms with van der Waals surface area (Å²) in [6, 6.07) is 8.81. The van der Waals surface area contributed by atoms with Crippen molar-refractivity contribution in [3.8, 4) is 5.75 Å². The lowest BCUT2D eigenvalue weighted by atomic mass is 10.0. The third-order valence-electron chi connectivity index (χ3n) is 3.46. The number of nitro groups is 1. The van der Waals surface area contributed by atoms with E-state index in [1.54, 1.807) is 18.2 Å². The molecule has 130 valence electrons. The Morgan fingerprint density at radius 1 is 1.24 bits per heavy atom. The standard InChI is InChI=1S/C17H15ClN2O5/c1-10(21)11-3-6-16(25-2)12(7-11)8-17(22)19-13-4-5-14(18)15(9-13)20(23)24/h3-7,9H,8H2,1-2H3,(H,19,22). The van der Waals surface area contributed by atoms with E-state index in [-0.39, 0.29) is 28.6 Å². The van der Waals surface area contributed by atoms with Gasteiger partial charge < -0.3 is 10.1 Å². The summed E-state index contributed by atoms with van der Waals surface area (Å²) in [6.07, 6.45) is -0.0548. The van der Waals surface area contributed by atoms with Crippen LogP contribution >= 0.6 is 11.6 Å². The molecule has 0 heterocycles. The molecule has 8 heteroatoms. The predicted molar refractivity (Wildman–Crippen MR) is 93.4 cm³/mol. The Bertz CT molecular complexity index is 851. The molecular formula is C17H15ClN2O5. The zero-order valence-electron chi connectivity index (χ0n) is 13.5. The van der Waals surface area contributed by atoms with Gasteiger partial charge in [0, 0.05) is 22.9 Å². The molecule has 0 aliphatic rings. The first-order valence-electron chi connectivity index (χ1n) is 7.23. The fourth-order valence-electron chi connectivity index (χ4n) is 2.24. The molecule has 0 aromatic heterocycles. The number of hydrogen-bond donors (Lipinski definition) is 1. The lowest BCUT2D eigenvalue weighted by molar-refractivity contribution is -0.384. The lowest BCUT2D eigenvalue weighted by Crippen LogP contribution is -2.15. The van der Waals surface area contributed by atoms with Gasteiger partial charge in [0.25, 0.3) is 5.69 Å². The molecule has 2 aromatic rings. The fraction of sp³-hybridized carbons (Fsp3) is 0.176. The van der Waals surface area contributed by atoms with Crippen LogP contribution in [-0.4, -0.2) is 23.7 Å². The highest BCUT2D eigenvalue weighted by Gasteiger charge is 2.15. The number of hydrogen-bond acceptors (Lipinski definition) is 5. The van der Waals surface area contributed by atoms with E-state index in [2.05, 4.69) is 5.32 Å². The number of amides is 1. The second-order valence-corrected chi connectivity index (χ2v) is 5.64. The first-order valence-corrected chi connectivity index (χ1v) is 7.61. The molecule has 0 saturated heterocycles. The van der Waals surface area contributed by atoms with Gasteiger partial charge in [-0.1, -0.05) is 11.6 Å². The number of rotatable bonds is 6. The van der Waals surface area contributed by atoms with Gasteiger partial charge in [0.15, 0.2) is 5.78 Å². The molecule has 0 bridgehead atoms. The number of carbonyl (C=O) groups excluding carboxylic acids is 2. The highest BCUT2D eigenvalue weighted by Crippen LogP contribution is 2.28. The zero-order valence-corrected chi connectivity index (χ0v) is 14.3. The Balaban J connectivity index is 2.20. The number of Topliss-reactive ketones (excluding diaryl/α,β-unsaturated/α-hetero) is 1. The van der Waals surface area contributed by atoms with Crippen LogP contribution in [0, 0.1) is 10.1 Å². The number of nitro benzene ring substituents is 1. The Labute approximate surface area is 148 Å². The van der Waals surface area contributed by atoms with Gasteiger partial charge in [0.05, 0.1) is 18.5 Å². The molecule has 2 aromatic carbocycles. The molecular weight excluding hydrogens is 348 g/mol. The van der Waals surface area contributed by atoms with E-state index in [4.69, 9.17) is 16.3 Å². The molecule has 0 aliphatic carbocycles. The maximum atomic E-state index is 12.2. The van der Waals surface area contributed by atoms with Gasteiger partial charge in [-0.05, 0) is 37.3 Å². The highest BCUT2D eigenvalue weighted by molar-refractivity contribution is 6.32. The summed E-state index contributed by atoms with van der Waals surface area (Å²) in [5.41, 5.74) is 0.959. The molecule has 0 saturated carbocycles. The second-order valence-electron chi connectivity index (χ2n) is 5.23. The molecule has 0 fully saturated rings. The number of nitrogens with zero attached hydrogens (tertiary/aromatic N) is 1. The average Bonchev–Trinajstić information content (AvgIpc) is 2.56. The van der Waals surface area contributed by atoms with E-state index < -0.39 is 10.8 Å². The van der Waals surface area contributed by atoms with Crippen molar-refractivity contribution in [2.45, 2.75) is 13.3 Å². The van der Waals surface area contributed by atoms with Gasteiger partial charge in [-0.3, -0.25) is 19.7 Å². The highest BCUT2D eigenvalue weighted by atomic mass is 35.5. The Morgan fingerprint density at radius 3 is 2.56 bits per heavy atom. The van der Waals surface area contributed by atoms with Crippen LogP contribution in [0.2, 0.25) is 5.02 Å². The fourth-order valence-corrected chi connectivity index (χ4v) is 2.43. The summed E-state index contributed by atoms with van der Waals surface area (Å²) in [7, 11) is 1.47. The minimum atomic E-state index is -0.628. The molecule has 2 rings (SSSR count). The molecule has 0 radical (unpaired) electrons. The maximum Gasteiger partial charge on any atom is 0.289 e. The lowest BCUT2D eigenvalue weighted by Gasteiger charge is -2.10. The van der Waals surface area contributed by atoms with Gasteiger partial charge in [0.2, 0.25) is 5.91 Å². The first kappa shape index (κ1) is 18.4. The van der Waals surface area contributed by atoms with Crippen LogP contribution in [-0.2, 0) is 11.2 Å². The number of nitrogens with one attached hydrogen (secondary N) is 1. The number of ketones is 1. The van der Waals surface area contributed by atoms with Crippen molar-refractivity contribution >= 4 is 34.7 Å². The Hall–Kier alpha value is -2.93. The minimum absolute atomic E-state index is 0.0150. The number of carbonyl (C=O) groups is 2. The molecule has 1 N–H and O–H groups in total. The second kappa shape index (κ2) is 7.76. The molecule has 0 unspecified atom stereocenters. The van der Waals surface area contributed by atoms with Crippen molar-refractivity contribution in [2.24, 2.45) is 0 Å². The van der Waals surface area contributed by atoms with Crippen LogP contribution in [0.3, 0.4) is 0 Å². The number of halogens is 1. The number of anilines is 1. The summed E-state index contributed by atoms with van der Waals surface area (Å²) in [5.74, 6) is -0.0597. The average molecular weight is 363 g/mol. The minimum Gasteiger partial charge on any atom is -0.496 e. The molecule has 25 heavy (non-hydrogen) atoms. The van der Waals surface area contributed by atoms with E-state index in [9.17, 15) is 19.7 Å².